The molecule has 1 N–H and O–H groups in total. The summed E-state index contributed by atoms with van der Waals surface area (Å²) in [6, 6.07) is 8.08. The summed E-state index contributed by atoms with van der Waals surface area (Å²) in [5.74, 6) is 0.258. The van der Waals surface area contributed by atoms with Gasteiger partial charge >= 0.3 is 0 Å². The fourth-order valence-corrected chi connectivity index (χ4v) is 5.45. The van der Waals surface area contributed by atoms with Crippen molar-refractivity contribution in [1.29, 1.82) is 0 Å². The van der Waals surface area contributed by atoms with Gasteiger partial charge in [-0.05, 0) is 51.1 Å². The SMILES string of the molecule is Cc1cc(C)n2nc(S[C@@H](C)C(=O)Nc3ccc(S(=O)(=O)N4CCOCC4)cc3)nc2n1. The maximum Gasteiger partial charge on any atom is 0.253 e. The van der Waals surface area contributed by atoms with Crippen molar-refractivity contribution in [2.45, 2.75) is 36.1 Å². The molecular formula is C20H24N6O4S2. The Labute approximate surface area is 190 Å². The van der Waals surface area contributed by atoms with Crippen LogP contribution in [0.15, 0.2) is 40.4 Å². The number of aryl methyl sites for hydroxylation is 2. The molecule has 10 nitrogen and oxygen atoms in total. The van der Waals surface area contributed by atoms with Gasteiger partial charge in [0.2, 0.25) is 21.1 Å². The largest absolute Gasteiger partial charge is 0.379 e. The number of sulfonamides is 1. The van der Waals surface area contributed by atoms with Crippen molar-refractivity contribution in [1.82, 2.24) is 23.9 Å². The van der Waals surface area contributed by atoms with Gasteiger partial charge in [0, 0.05) is 30.2 Å². The molecule has 2 aromatic heterocycles. The summed E-state index contributed by atoms with van der Waals surface area (Å²) in [6.07, 6.45) is 0. The fraction of sp³-hybridized carbons (Fsp3) is 0.400. The molecular weight excluding hydrogens is 452 g/mol. The molecule has 0 unspecified atom stereocenters. The zero-order valence-corrected chi connectivity index (χ0v) is 19.6. The van der Waals surface area contributed by atoms with Crippen molar-refractivity contribution < 1.29 is 17.9 Å². The van der Waals surface area contributed by atoms with E-state index in [9.17, 15) is 13.2 Å². The molecule has 0 saturated carbocycles. The van der Waals surface area contributed by atoms with Gasteiger partial charge in [-0.3, -0.25) is 4.79 Å². The van der Waals surface area contributed by atoms with Crippen molar-refractivity contribution in [2.24, 2.45) is 0 Å². The summed E-state index contributed by atoms with van der Waals surface area (Å²) in [6.45, 7) is 7.02. The second-order valence-electron chi connectivity index (χ2n) is 7.44. The van der Waals surface area contributed by atoms with Crippen LogP contribution in [-0.2, 0) is 19.6 Å². The number of amides is 1. The van der Waals surface area contributed by atoms with E-state index in [0.717, 1.165) is 11.4 Å². The van der Waals surface area contributed by atoms with Crippen molar-refractivity contribution in [3.05, 3.63) is 41.7 Å². The average Bonchev–Trinajstić information content (AvgIpc) is 3.17. The standard InChI is InChI=1S/C20H24N6O4S2/c1-13-12-14(2)26-19(21-13)23-20(24-26)31-15(3)18(27)22-16-4-6-17(7-5-16)32(28,29)25-8-10-30-11-9-25/h4-7,12,15H,8-11H2,1-3H3,(H,22,27)/t15-/m0/s1. The highest BCUT2D eigenvalue weighted by atomic mass is 32.2. The summed E-state index contributed by atoms with van der Waals surface area (Å²) >= 11 is 1.23. The predicted molar refractivity (Wildman–Crippen MR) is 120 cm³/mol. The lowest BCUT2D eigenvalue weighted by atomic mass is 10.3. The number of rotatable bonds is 6. The molecule has 0 aliphatic carbocycles. The number of morpholine rings is 1. The Morgan fingerprint density at radius 1 is 1.16 bits per heavy atom. The molecule has 1 aliphatic rings. The van der Waals surface area contributed by atoms with Crippen LogP contribution >= 0.6 is 11.8 Å². The monoisotopic (exact) mass is 476 g/mol. The van der Waals surface area contributed by atoms with Gasteiger partial charge in [0.25, 0.3) is 5.78 Å². The maximum absolute atomic E-state index is 12.7. The van der Waals surface area contributed by atoms with Gasteiger partial charge in [-0.2, -0.15) is 9.29 Å². The third-order valence-corrected chi connectivity index (χ3v) is 7.84. The van der Waals surface area contributed by atoms with Crippen LogP contribution < -0.4 is 5.32 Å². The minimum Gasteiger partial charge on any atom is -0.379 e. The highest BCUT2D eigenvalue weighted by Gasteiger charge is 2.26. The van der Waals surface area contributed by atoms with Gasteiger partial charge < -0.3 is 10.1 Å². The number of anilines is 1. The number of benzene rings is 1. The molecule has 1 aliphatic heterocycles. The summed E-state index contributed by atoms with van der Waals surface area (Å²) in [7, 11) is -3.57. The van der Waals surface area contributed by atoms with E-state index in [2.05, 4.69) is 20.4 Å². The molecule has 1 amide bonds. The van der Waals surface area contributed by atoms with E-state index in [1.807, 2.05) is 19.9 Å². The smallest absolute Gasteiger partial charge is 0.253 e. The van der Waals surface area contributed by atoms with E-state index >= 15 is 0 Å². The Kier molecular flexibility index (Phi) is 6.47. The first-order valence-electron chi connectivity index (χ1n) is 10.1. The zero-order chi connectivity index (χ0) is 22.9. The van der Waals surface area contributed by atoms with E-state index < -0.39 is 15.3 Å². The minimum absolute atomic E-state index is 0.187. The number of carbonyl (C=O) groups excluding carboxylic acids is 1. The molecule has 0 bridgehead atoms. The van der Waals surface area contributed by atoms with Crippen molar-refractivity contribution in [3.8, 4) is 0 Å². The van der Waals surface area contributed by atoms with Crippen LogP contribution in [0, 0.1) is 13.8 Å². The molecule has 1 atom stereocenters. The summed E-state index contributed by atoms with van der Waals surface area (Å²) in [4.78, 5) is 21.6. The number of fused-ring (bicyclic) bond motifs is 1. The Hall–Kier alpha value is -2.54. The van der Waals surface area contributed by atoms with Gasteiger partial charge in [-0.15, -0.1) is 5.10 Å². The number of ether oxygens (including phenoxy) is 1. The summed E-state index contributed by atoms with van der Waals surface area (Å²) in [5.41, 5.74) is 2.28. The third kappa shape index (κ3) is 4.77. The maximum atomic E-state index is 12.7. The molecule has 0 spiro atoms. The lowest BCUT2D eigenvalue weighted by Gasteiger charge is -2.26. The number of aromatic nitrogens is 4. The molecule has 0 radical (unpaired) electrons. The van der Waals surface area contributed by atoms with Gasteiger partial charge in [0.05, 0.1) is 23.4 Å². The highest BCUT2D eigenvalue weighted by Crippen LogP contribution is 2.23. The molecule has 32 heavy (non-hydrogen) atoms. The first-order chi connectivity index (χ1) is 15.2. The fourth-order valence-electron chi connectivity index (χ4n) is 3.30. The lowest BCUT2D eigenvalue weighted by molar-refractivity contribution is -0.115. The Morgan fingerprint density at radius 3 is 2.53 bits per heavy atom. The number of thioether (sulfide) groups is 1. The molecule has 12 heteroatoms. The second kappa shape index (κ2) is 9.14. The van der Waals surface area contributed by atoms with Crippen molar-refractivity contribution in [3.63, 3.8) is 0 Å². The second-order valence-corrected chi connectivity index (χ2v) is 10.7. The van der Waals surface area contributed by atoms with Crippen LogP contribution in [0.5, 0.6) is 0 Å². The van der Waals surface area contributed by atoms with Gasteiger partial charge in [-0.25, -0.2) is 17.9 Å². The number of carbonyl (C=O) groups is 1. The van der Waals surface area contributed by atoms with E-state index in [-0.39, 0.29) is 10.8 Å². The number of hydrogen-bond donors (Lipinski definition) is 1. The van der Waals surface area contributed by atoms with Crippen molar-refractivity contribution in [2.75, 3.05) is 31.6 Å². The molecule has 1 fully saturated rings. The average molecular weight is 477 g/mol. The van der Waals surface area contributed by atoms with E-state index in [0.29, 0.717) is 42.9 Å². The molecule has 3 heterocycles. The quantitative estimate of drug-likeness (QED) is 0.536. The molecule has 4 rings (SSSR count). The Balaban J connectivity index is 1.40. The topological polar surface area (TPSA) is 119 Å². The zero-order valence-electron chi connectivity index (χ0n) is 18.0. The normalized spacial score (nSPS) is 16.2. The van der Waals surface area contributed by atoms with Crippen LogP contribution in [0.2, 0.25) is 0 Å². The predicted octanol–water partition coefficient (Wildman–Crippen LogP) is 1.88. The highest BCUT2D eigenvalue weighted by molar-refractivity contribution is 8.00. The summed E-state index contributed by atoms with van der Waals surface area (Å²) < 4.78 is 33.7. The Bertz CT molecular complexity index is 1240. The van der Waals surface area contributed by atoms with Crippen LogP contribution in [0.1, 0.15) is 18.3 Å². The van der Waals surface area contributed by atoms with Crippen molar-refractivity contribution >= 4 is 39.2 Å². The minimum atomic E-state index is -3.57. The van der Waals surface area contributed by atoms with E-state index in [1.165, 1.54) is 28.2 Å². The van der Waals surface area contributed by atoms with Gasteiger partial charge in [-0.1, -0.05) is 11.8 Å². The number of nitrogens with one attached hydrogen (secondary N) is 1. The van der Waals surface area contributed by atoms with Gasteiger partial charge in [0.1, 0.15) is 0 Å². The lowest BCUT2D eigenvalue weighted by Crippen LogP contribution is -2.40. The van der Waals surface area contributed by atoms with Crippen LogP contribution in [0.4, 0.5) is 5.69 Å². The summed E-state index contributed by atoms with van der Waals surface area (Å²) in [5, 5.41) is 7.21. The molecule has 170 valence electrons. The first kappa shape index (κ1) is 22.6. The van der Waals surface area contributed by atoms with Crippen LogP contribution in [0.25, 0.3) is 5.78 Å². The first-order valence-corrected chi connectivity index (χ1v) is 12.4. The van der Waals surface area contributed by atoms with Gasteiger partial charge in [0.15, 0.2) is 0 Å². The molecule has 3 aromatic rings. The third-order valence-electron chi connectivity index (χ3n) is 4.98. The van der Waals surface area contributed by atoms with E-state index in [1.54, 1.807) is 23.6 Å². The van der Waals surface area contributed by atoms with Crippen LogP contribution in [0.3, 0.4) is 0 Å². The molecule has 1 aromatic carbocycles. The van der Waals surface area contributed by atoms with Crippen LogP contribution in [-0.4, -0.2) is 69.8 Å². The van der Waals surface area contributed by atoms with E-state index in [4.69, 9.17) is 4.74 Å². The number of hydrogen-bond acceptors (Lipinski definition) is 8. The Morgan fingerprint density at radius 2 is 1.84 bits per heavy atom. The molecule has 1 saturated heterocycles. The number of nitrogens with zero attached hydrogens (tertiary/aromatic N) is 5.